The van der Waals surface area contributed by atoms with Crippen molar-refractivity contribution in [2.75, 3.05) is 0 Å². The maximum Gasteiger partial charge on any atom is 0.511 e. The summed E-state index contributed by atoms with van der Waals surface area (Å²) in [6.45, 7) is 4.42. The number of hydrogen-bond donors (Lipinski definition) is 1. The van der Waals surface area contributed by atoms with Crippen LogP contribution in [-0.2, 0) is 11.8 Å². The lowest BCUT2D eigenvalue weighted by atomic mass is 9.80. The molecule has 1 N–H and O–H groups in total. The molecule has 0 spiro atoms. The van der Waals surface area contributed by atoms with Gasteiger partial charge in [-0.25, -0.2) is 4.79 Å². The molecule has 0 bridgehead atoms. The Morgan fingerprint density at radius 1 is 1.35 bits per heavy atom. The largest absolute Gasteiger partial charge is 0.511 e. The lowest BCUT2D eigenvalue weighted by Crippen LogP contribution is -2.17. The van der Waals surface area contributed by atoms with Crippen molar-refractivity contribution in [3.63, 3.8) is 0 Å². The van der Waals surface area contributed by atoms with Crippen LogP contribution in [0.3, 0.4) is 0 Å². The molecule has 1 aliphatic rings. The first-order valence-electron chi connectivity index (χ1n) is 6.03. The fourth-order valence-electron chi connectivity index (χ4n) is 2.58. The van der Waals surface area contributed by atoms with Gasteiger partial charge in [-0.3, -0.25) is 0 Å². The van der Waals surface area contributed by atoms with Crippen molar-refractivity contribution in [2.45, 2.75) is 44.9 Å². The highest BCUT2D eigenvalue weighted by atomic mass is 16.7. The summed E-state index contributed by atoms with van der Waals surface area (Å²) < 4.78 is 4.73. The standard InChI is InChI=1S/C14H18O3/c1-14(2)8-4-3-5-10-6-7-11(9-12(10)14)17-13(15)16/h6-7,9H,3-5,8H2,1-2H3,(H,15,16). The highest BCUT2D eigenvalue weighted by molar-refractivity contribution is 5.61. The van der Waals surface area contributed by atoms with Crippen LogP contribution >= 0.6 is 0 Å². The van der Waals surface area contributed by atoms with E-state index in [9.17, 15) is 4.79 Å². The predicted octanol–water partition coefficient (Wildman–Crippen LogP) is 3.75. The zero-order valence-electron chi connectivity index (χ0n) is 10.3. The minimum atomic E-state index is -1.25. The van der Waals surface area contributed by atoms with E-state index in [1.165, 1.54) is 24.0 Å². The Morgan fingerprint density at radius 3 is 2.82 bits per heavy atom. The Kier molecular flexibility index (Phi) is 3.09. The summed E-state index contributed by atoms with van der Waals surface area (Å²) in [7, 11) is 0. The van der Waals surface area contributed by atoms with Crippen molar-refractivity contribution >= 4 is 6.16 Å². The molecule has 0 fully saturated rings. The zero-order valence-corrected chi connectivity index (χ0v) is 10.3. The molecule has 3 nitrogen and oxygen atoms in total. The average Bonchev–Trinajstić information content (AvgIpc) is 2.38. The van der Waals surface area contributed by atoms with Crippen molar-refractivity contribution in [3.05, 3.63) is 29.3 Å². The van der Waals surface area contributed by atoms with Crippen molar-refractivity contribution in [1.82, 2.24) is 0 Å². The van der Waals surface area contributed by atoms with Gasteiger partial charge in [-0.05, 0) is 47.9 Å². The molecule has 17 heavy (non-hydrogen) atoms. The first-order valence-corrected chi connectivity index (χ1v) is 6.03. The normalized spacial score (nSPS) is 18.0. The number of fused-ring (bicyclic) bond motifs is 1. The number of carboxylic acid groups (broad SMARTS) is 1. The molecule has 0 heterocycles. The van der Waals surface area contributed by atoms with E-state index in [1.807, 2.05) is 12.1 Å². The Morgan fingerprint density at radius 2 is 2.12 bits per heavy atom. The maximum absolute atomic E-state index is 10.5. The van der Waals surface area contributed by atoms with E-state index in [0.717, 1.165) is 12.8 Å². The van der Waals surface area contributed by atoms with Gasteiger partial charge in [-0.2, -0.15) is 0 Å². The van der Waals surface area contributed by atoms with Gasteiger partial charge in [0.2, 0.25) is 0 Å². The molecule has 0 amide bonds. The van der Waals surface area contributed by atoms with Gasteiger partial charge in [-0.1, -0.05) is 26.3 Å². The topological polar surface area (TPSA) is 46.5 Å². The minimum Gasteiger partial charge on any atom is -0.449 e. The Balaban J connectivity index is 2.40. The fraction of sp³-hybridized carbons (Fsp3) is 0.500. The molecule has 0 unspecified atom stereocenters. The summed E-state index contributed by atoms with van der Waals surface area (Å²) in [5.74, 6) is 0.422. The van der Waals surface area contributed by atoms with E-state index in [2.05, 4.69) is 13.8 Å². The van der Waals surface area contributed by atoms with Crippen LogP contribution < -0.4 is 4.74 Å². The van der Waals surface area contributed by atoms with E-state index in [4.69, 9.17) is 9.84 Å². The van der Waals surface area contributed by atoms with E-state index in [-0.39, 0.29) is 5.41 Å². The second kappa shape index (κ2) is 4.40. The molecular formula is C14H18O3. The lowest BCUT2D eigenvalue weighted by molar-refractivity contribution is 0.144. The molecule has 0 aromatic heterocycles. The Hall–Kier alpha value is -1.51. The molecule has 0 saturated carbocycles. The molecule has 0 aliphatic heterocycles. The molecule has 1 aromatic rings. The van der Waals surface area contributed by atoms with Crippen molar-refractivity contribution in [1.29, 1.82) is 0 Å². The minimum absolute atomic E-state index is 0.101. The van der Waals surface area contributed by atoms with Crippen molar-refractivity contribution in [3.8, 4) is 5.75 Å². The summed E-state index contributed by atoms with van der Waals surface area (Å²) in [4.78, 5) is 10.5. The van der Waals surface area contributed by atoms with E-state index < -0.39 is 6.16 Å². The van der Waals surface area contributed by atoms with Crippen LogP contribution in [0.4, 0.5) is 4.79 Å². The van der Waals surface area contributed by atoms with Crippen LogP contribution in [0.25, 0.3) is 0 Å². The first kappa shape index (κ1) is 12.0. The summed E-state index contributed by atoms with van der Waals surface area (Å²) in [6, 6.07) is 5.63. The van der Waals surface area contributed by atoms with Crippen LogP contribution in [0.2, 0.25) is 0 Å². The van der Waals surface area contributed by atoms with Gasteiger partial charge >= 0.3 is 6.16 Å². The molecule has 1 aromatic carbocycles. The third kappa shape index (κ3) is 2.60. The van der Waals surface area contributed by atoms with E-state index in [1.54, 1.807) is 6.07 Å². The van der Waals surface area contributed by atoms with Gasteiger partial charge in [0.15, 0.2) is 0 Å². The summed E-state index contributed by atoms with van der Waals surface area (Å²) >= 11 is 0. The van der Waals surface area contributed by atoms with Crippen LogP contribution in [0.15, 0.2) is 18.2 Å². The monoisotopic (exact) mass is 234 g/mol. The maximum atomic E-state index is 10.5. The van der Waals surface area contributed by atoms with Gasteiger partial charge in [0, 0.05) is 0 Å². The highest BCUT2D eigenvalue weighted by Gasteiger charge is 2.26. The number of aryl methyl sites for hydroxylation is 1. The molecule has 0 atom stereocenters. The highest BCUT2D eigenvalue weighted by Crippen LogP contribution is 2.37. The van der Waals surface area contributed by atoms with Gasteiger partial charge < -0.3 is 9.84 Å². The van der Waals surface area contributed by atoms with Gasteiger partial charge in [0.1, 0.15) is 5.75 Å². The first-order chi connectivity index (χ1) is 7.99. The third-order valence-corrected chi connectivity index (χ3v) is 3.51. The summed E-state index contributed by atoms with van der Waals surface area (Å²) in [5.41, 5.74) is 2.66. The van der Waals surface area contributed by atoms with Crippen LogP contribution in [-0.4, -0.2) is 11.3 Å². The van der Waals surface area contributed by atoms with E-state index >= 15 is 0 Å². The molecule has 0 saturated heterocycles. The molecule has 1 aliphatic carbocycles. The number of rotatable bonds is 1. The second-order valence-electron chi connectivity index (χ2n) is 5.28. The molecule has 3 heteroatoms. The quantitative estimate of drug-likeness (QED) is 0.457. The van der Waals surface area contributed by atoms with Crippen LogP contribution in [0, 0.1) is 0 Å². The average molecular weight is 234 g/mol. The third-order valence-electron chi connectivity index (χ3n) is 3.51. The van der Waals surface area contributed by atoms with Crippen LogP contribution in [0.1, 0.15) is 44.2 Å². The van der Waals surface area contributed by atoms with Gasteiger partial charge in [0.25, 0.3) is 0 Å². The van der Waals surface area contributed by atoms with Crippen molar-refractivity contribution in [2.24, 2.45) is 0 Å². The smallest absolute Gasteiger partial charge is 0.449 e. The number of carbonyl (C=O) groups is 1. The van der Waals surface area contributed by atoms with Gasteiger partial charge in [-0.15, -0.1) is 0 Å². The SMILES string of the molecule is CC1(C)CCCCc2ccc(OC(=O)O)cc21. The zero-order chi connectivity index (χ0) is 12.5. The second-order valence-corrected chi connectivity index (χ2v) is 5.28. The predicted molar refractivity (Wildman–Crippen MR) is 65.7 cm³/mol. The Bertz CT molecular complexity index is 435. The summed E-state index contributed by atoms with van der Waals surface area (Å²) in [6.07, 6.45) is 3.38. The number of ether oxygens (including phenoxy) is 1. The number of hydrogen-bond acceptors (Lipinski definition) is 2. The summed E-state index contributed by atoms with van der Waals surface area (Å²) in [5, 5.41) is 8.63. The van der Waals surface area contributed by atoms with Crippen molar-refractivity contribution < 1.29 is 14.6 Å². The van der Waals surface area contributed by atoms with Crippen LogP contribution in [0.5, 0.6) is 5.75 Å². The molecular weight excluding hydrogens is 216 g/mol. The molecule has 92 valence electrons. The molecule has 2 rings (SSSR count). The Labute approximate surface area is 101 Å². The fourth-order valence-corrected chi connectivity index (χ4v) is 2.58. The molecule has 0 radical (unpaired) electrons. The van der Waals surface area contributed by atoms with E-state index in [0.29, 0.717) is 5.75 Å². The lowest BCUT2D eigenvalue weighted by Gasteiger charge is -2.25. The number of benzene rings is 1. The van der Waals surface area contributed by atoms with Gasteiger partial charge in [0.05, 0.1) is 0 Å².